The third-order valence-electron chi connectivity index (χ3n) is 5.79. The molecule has 1 heterocycles. The van der Waals surface area contributed by atoms with Gasteiger partial charge in [0, 0.05) is 28.7 Å². The molecule has 13 heteroatoms. The molecule has 0 aliphatic carbocycles. The van der Waals surface area contributed by atoms with Crippen molar-refractivity contribution in [2.45, 2.75) is 51.2 Å². The third kappa shape index (κ3) is 7.59. The SMILES string of the molecule is CCCCN1NC(C(F)(F)F)C(C)C1N/C(=N\C(=O)c1cccc(Cl)c1)Nc1cccc(C(F)(F)F)c1. The third-order valence-corrected chi connectivity index (χ3v) is 6.03. The summed E-state index contributed by atoms with van der Waals surface area (Å²) >= 11 is 5.94. The van der Waals surface area contributed by atoms with Gasteiger partial charge in [-0.15, -0.1) is 0 Å². The van der Waals surface area contributed by atoms with E-state index in [1.165, 1.54) is 42.3 Å². The van der Waals surface area contributed by atoms with Crippen molar-refractivity contribution in [3.63, 3.8) is 0 Å². The van der Waals surface area contributed by atoms with Crippen molar-refractivity contribution in [3.05, 3.63) is 64.7 Å². The smallest absolute Gasteiger partial charge is 0.339 e. The van der Waals surface area contributed by atoms with Crippen molar-refractivity contribution < 1.29 is 31.1 Å². The van der Waals surface area contributed by atoms with Crippen LogP contribution in [-0.4, -0.2) is 41.8 Å². The summed E-state index contributed by atoms with van der Waals surface area (Å²) < 4.78 is 80.6. The number of unbranched alkanes of at least 4 members (excludes halogenated alkanes) is 1. The lowest BCUT2D eigenvalue weighted by Crippen LogP contribution is -2.51. The fourth-order valence-corrected chi connectivity index (χ4v) is 4.08. The number of nitrogens with one attached hydrogen (secondary N) is 3. The number of hydrazine groups is 1. The Labute approximate surface area is 215 Å². The maximum atomic E-state index is 13.7. The highest BCUT2D eigenvalue weighted by Crippen LogP contribution is 2.33. The molecule has 0 radical (unpaired) electrons. The highest BCUT2D eigenvalue weighted by Gasteiger charge is 2.52. The Morgan fingerprint density at radius 1 is 1.11 bits per heavy atom. The second-order valence-corrected chi connectivity index (χ2v) is 9.06. The van der Waals surface area contributed by atoms with Gasteiger partial charge in [-0.3, -0.25) is 4.79 Å². The Hall–Kier alpha value is -2.83. The first-order valence-corrected chi connectivity index (χ1v) is 11.9. The molecule has 37 heavy (non-hydrogen) atoms. The van der Waals surface area contributed by atoms with Crippen LogP contribution in [0.4, 0.5) is 32.0 Å². The fraction of sp³-hybridized carbons (Fsp3) is 0.417. The van der Waals surface area contributed by atoms with E-state index < -0.39 is 41.9 Å². The number of benzene rings is 2. The second kappa shape index (κ2) is 11.7. The van der Waals surface area contributed by atoms with E-state index in [-0.39, 0.29) is 28.8 Å². The molecule has 0 aromatic heterocycles. The number of rotatable bonds is 6. The number of nitrogens with zero attached hydrogens (tertiary/aromatic N) is 2. The zero-order valence-corrected chi connectivity index (χ0v) is 20.7. The Bertz CT molecular complexity index is 1120. The Morgan fingerprint density at radius 3 is 2.43 bits per heavy atom. The molecule has 1 fully saturated rings. The number of carbonyl (C=O) groups excluding carboxylic acids is 1. The van der Waals surface area contributed by atoms with E-state index in [1.54, 1.807) is 0 Å². The van der Waals surface area contributed by atoms with Crippen LogP contribution in [0.15, 0.2) is 53.5 Å². The summed E-state index contributed by atoms with van der Waals surface area (Å²) in [5.41, 5.74) is 1.54. The number of hydrogen-bond donors (Lipinski definition) is 3. The van der Waals surface area contributed by atoms with Gasteiger partial charge < -0.3 is 10.6 Å². The van der Waals surface area contributed by atoms with Gasteiger partial charge in [0.1, 0.15) is 6.04 Å². The van der Waals surface area contributed by atoms with Crippen LogP contribution < -0.4 is 16.1 Å². The molecule has 3 rings (SSSR count). The van der Waals surface area contributed by atoms with Crippen molar-refractivity contribution in [2.75, 3.05) is 11.9 Å². The first-order valence-electron chi connectivity index (χ1n) is 11.5. The summed E-state index contributed by atoms with van der Waals surface area (Å²) in [4.78, 5) is 16.8. The minimum absolute atomic E-state index is 0.0638. The Morgan fingerprint density at radius 2 is 1.81 bits per heavy atom. The first kappa shape index (κ1) is 28.7. The number of guanidine groups is 1. The molecule has 3 N–H and O–H groups in total. The molecule has 1 amide bonds. The quantitative estimate of drug-likeness (QED) is 0.232. The van der Waals surface area contributed by atoms with Crippen LogP contribution in [0, 0.1) is 5.92 Å². The minimum Gasteiger partial charge on any atom is -0.339 e. The second-order valence-electron chi connectivity index (χ2n) is 8.62. The van der Waals surface area contributed by atoms with Gasteiger partial charge >= 0.3 is 12.4 Å². The average molecular weight is 550 g/mol. The van der Waals surface area contributed by atoms with E-state index in [4.69, 9.17) is 11.6 Å². The van der Waals surface area contributed by atoms with Gasteiger partial charge in [-0.25, -0.2) is 10.4 Å². The molecule has 3 atom stereocenters. The topological polar surface area (TPSA) is 68.8 Å². The normalized spacial score (nSPS) is 21.2. The van der Waals surface area contributed by atoms with Crippen LogP contribution in [0.25, 0.3) is 0 Å². The van der Waals surface area contributed by atoms with Crippen LogP contribution in [-0.2, 0) is 6.18 Å². The van der Waals surface area contributed by atoms with E-state index in [1.807, 2.05) is 6.92 Å². The molecule has 2 aromatic carbocycles. The Kier molecular flexibility index (Phi) is 9.09. The molecule has 1 aliphatic rings. The number of halogens is 7. The van der Waals surface area contributed by atoms with Gasteiger partial charge in [0.15, 0.2) is 0 Å². The van der Waals surface area contributed by atoms with E-state index in [0.717, 1.165) is 18.2 Å². The van der Waals surface area contributed by atoms with Gasteiger partial charge in [-0.2, -0.15) is 31.3 Å². The number of alkyl halides is 6. The predicted molar refractivity (Wildman–Crippen MR) is 129 cm³/mol. The molecule has 1 aliphatic heterocycles. The van der Waals surface area contributed by atoms with Crippen LogP contribution in [0.5, 0.6) is 0 Å². The highest BCUT2D eigenvalue weighted by molar-refractivity contribution is 6.31. The summed E-state index contributed by atoms with van der Waals surface area (Å²) in [6, 6.07) is 8.13. The van der Waals surface area contributed by atoms with Crippen molar-refractivity contribution >= 4 is 29.2 Å². The summed E-state index contributed by atoms with van der Waals surface area (Å²) in [6.07, 6.45) is -8.87. The van der Waals surface area contributed by atoms with E-state index >= 15 is 0 Å². The number of aliphatic imine (C=N–C) groups is 1. The van der Waals surface area contributed by atoms with E-state index in [2.05, 4.69) is 21.1 Å². The van der Waals surface area contributed by atoms with Crippen molar-refractivity contribution in [1.29, 1.82) is 0 Å². The molecule has 0 saturated carbocycles. The van der Waals surface area contributed by atoms with Crippen molar-refractivity contribution in [3.8, 4) is 0 Å². The molecule has 6 nitrogen and oxygen atoms in total. The summed E-state index contributed by atoms with van der Waals surface area (Å²) in [5, 5.41) is 7.08. The fourth-order valence-electron chi connectivity index (χ4n) is 3.89. The van der Waals surface area contributed by atoms with E-state index in [0.29, 0.717) is 12.8 Å². The van der Waals surface area contributed by atoms with Gasteiger partial charge in [-0.1, -0.05) is 44.0 Å². The standard InChI is InChI=1S/C24H26ClF6N5O/c1-3-4-11-36-20(14(2)19(35-36)24(29,30)31)33-22(34-21(37)15-7-5-9-17(25)12-15)32-18-10-6-8-16(13-18)23(26,27)28/h5-10,12-14,19-20,35H,3-4,11H2,1-2H3,(H2,32,33,34,37). The summed E-state index contributed by atoms with van der Waals surface area (Å²) in [5.74, 6) is -2.14. The summed E-state index contributed by atoms with van der Waals surface area (Å²) in [7, 11) is 0. The lowest BCUT2D eigenvalue weighted by Gasteiger charge is -2.28. The molecular weight excluding hydrogens is 524 g/mol. The summed E-state index contributed by atoms with van der Waals surface area (Å²) in [6.45, 7) is 3.52. The molecule has 0 bridgehead atoms. The Balaban J connectivity index is 1.97. The molecule has 3 unspecified atom stereocenters. The van der Waals surface area contributed by atoms with Gasteiger partial charge in [-0.05, 0) is 42.8 Å². The number of anilines is 1. The van der Waals surface area contributed by atoms with Crippen LogP contribution >= 0.6 is 11.6 Å². The molecular formula is C24H26ClF6N5O. The van der Waals surface area contributed by atoms with Gasteiger partial charge in [0.05, 0.1) is 11.7 Å². The predicted octanol–water partition coefficient (Wildman–Crippen LogP) is 6.07. The maximum absolute atomic E-state index is 13.7. The highest BCUT2D eigenvalue weighted by atomic mass is 35.5. The molecule has 1 saturated heterocycles. The minimum atomic E-state index is -4.63. The van der Waals surface area contributed by atoms with Crippen molar-refractivity contribution in [2.24, 2.45) is 10.9 Å². The zero-order chi connectivity index (χ0) is 27.4. The lowest BCUT2D eigenvalue weighted by molar-refractivity contribution is -0.163. The van der Waals surface area contributed by atoms with Crippen LogP contribution in [0.3, 0.4) is 0 Å². The molecule has 0 spiro atoms. The largest absolute Gasteiger partial charge is 0.416 e. The number of hydrogen-bond acceptors (Lipinski definition) is 3. The van der Waals surface area contributed by atoms with Gasteiger partial charge in [0.2, 0.25) is 5.96 Å². The van der Waals surface area contributed by atoms with Crippen LogP contribution in [0.2, 0.25) is 5.02 Å². The van der Waals surface area contributed by atoms with Crippen LogP contribution in [0.1, 0.15) is 42.6 Å². The van der Waals surface area contributed by atoms with E-state index in [9.17, 15) is 31.1 Å². The molecule has 2 aromatic rings. The number of amides is 1. The van der Waals surface area contributed by atoms with Crippen molar-refractivity contribution in [1.82, 2.24) is 15.8 Å². The average Bonchev–Trinajstić information content (AvgIpc) is 3.12. The number of carbonyl (C=O) groups is 1. The van der Waals surface area contributed by atoms with Gasteiger partial charge in [0.25, 0.3) is 5.91 Å². The first-order chi connectivity index (χ1) is 17.3. The monoisotopic (exact) mass is 549 g/mol. The zero-order valence-electron chi connectivity index (χ0n) is 19.9. The lowest BCUT2D eigenvalue weighted by atomic mass is 10.0. The molecule has 202 valence electrons. The maximum Gasteiger partial charge on any atom is 0.416 e.